The van der Waals surface area contributed by atoms with E-state index in [9.17, 15) is 9.59 Å². The number of hydrogen-bond acceptors (Lipinski definition) is 6. The number of benzene rings is 1. The lowest BCUT2D eigenvalue weighted by Gasteiger charge is -2.33. The second kappa shape index (κ2) is 6.11. The predicted molar refractivity (Wildman–Crippen MR) is 108 cm³/mol. The Balaban J connectivity index is 1.66. The third kappa shape index (κ3) is 2.61. The van der Waals surface area contributed by atoms with E-state index in [1.807, 2.05) is 40.7 Å². The molecule has 1 aromatic heterocycles. The molecule has 150 valence electrons. The molecule has 2 aliphatic heterocycles. The summed E-state index contributed by atoms with van der Waals surface area (Å²) < 4.78 is 21.6. The van der Waals surface area contributed by atoms with Crippen LogP contribution in [0.15, 0.2) is 46.3 Å². The van der Waals surface area contributed by atoms with Crippen molar-refractivity contribution < 1.29 is 19.0 Å². The van der Waals surface area contributed by atoms with Gasteiger partial charge in [-0.05, 0) is 19.1 Å². The highest BCUT2D eigenvalue weighted by Crippen LogP contribution is 2.49. The smallest absolute Gasteiger partial charge is 0.449 e. The fourth-order valence-electron chi connectivity index (χ4n) is 4.38. The van der Waals surface area contributed by atoms with Crippen molar-refractivity contribution in [3.63, 3.8) is 0 Å². The summed E-state index contributed by atoms with van der Waals surface area (Å²) in [5.74, 6) is -0.746. The van der Waals surface area contributed by atoms with Gasteiger partial charge in [-0.1, -0.05) is 36.1 Å². The molecule has 1 fully saturated rings. The summed E-state index contributed by atoms with van der Waals surface area (Å²) in [6.45, 7) is 2.95. The molecule has 3 heterocycles. The van der Waals surface area contributed by atoms with E-state index in [0.717, 1.165) is 0 Å². The van der Waals surface area contributed by atoms with Crippen LogP contribution in [0.3, 0.4) is 0 Å². The summed E-state index contributed by atoms with van der Waals surface area (Å²) in [5.41, 5.74) is 6.25. The van der Waals surface area contributed by atoms with Crippen molar-refractivity contribution in [2.24, 2.45) is 11.7 Å². The summed E-state index contributed by atoms with van der Waals surface area (Å²) in [6, 6.07) is 2.83. The van der Waals surface area contributed by atoms with Crippen molar-refractivity contribution in [2.45, 2.75) is 22.9 Å². The van der Waals surface area contributed by atoms with Gasteiger partial charge in [0.15, 0.2) is 0 Å². The van der Waals surface area contributed by atoms with Crippen LogP contribution in [0.4, 0.5) is 14.9 Å². The second-order valence-electron chi connectivity index (χ2n) is 7.58. The molecule has 0 saturated carbocycles. The molecule has 0 amide bonds. The fourth-order valence-corrected chi connectivity index (χ4v) is 5.48. The highest BCUT2D eigenvalue weighted by molar-refractivity contribution is 8.00. The number of pyridine rings is 1. The monoisotopic (exact) mass is 415 g/mol. The van der Waals surface area contributed by atoms with E-state index in [0.29, 0.717) is 29.3 Å². The van der Waals surface area contributed by atoms with E-state index in [4.69, 9.17) is 15.6 Å². The predicted octanol–water partition coefficient (Wildman–Crippen LogP) is 3.08. The quantitative estimate of drug-likeness (QED) is 0.728. The lowest BCUT2D eigenvalue weighted by Crippen LogP contribution is -2.46. The topological polar surface area (TPSA) is 97.8 Å². The Labute approximate surface area is 169 Å². The van der Waals surface area contributed by atoms with Gasteiger partial charge in [0.05, 0.1) is 27.5 Å². The first-order chi connectivity index (χ1) is 13.8. The van der Waals surface area contributed by atoms with E-state index in [1.54, 1.807) is 6.07 Å². The van der Waals surface area contributed by atoms with E-state index < -0.39 is 22.9 Å². The standard InChI is InChI=1S/C20H18FN3O4S/c1-10-24-14-7-15(23-8-11-4-2-3-5-20(11,22)9-23)13(21)6-12(14)16(25)17(18(24)29-10)28-19(26)27/h2-7,10-11H,8-9,22H2,1H3,(H,26,27). The van der Waals surface area contributed by atoms with E-state index >= 15 is 4.39 Å². The van der Waals surface area contributed by atoms with Gasteiger partial charge in [0.25, 0.3) is 0 Å². The van der Waals surface area contributed by atoms with Gasteiger partial charge in [0, 0.05) is 19.0 Å². The number of ether oxygens (including phenoxy) is 1. The number of carboxylic acid groups (broad SMARTS) is 1. The lowest BCUT2D eigenvalue weighted by molar-refractivity contribution is 0.142. The Morgan fingerprint density at radius 3 is 2.90 bits per heavy atom. The first-order valence-corrected chi connectivity index (χ1v) is 10.1. The zero-order chi connectivity index (χ0) is 20.5. The fraction of sp³-hybridized carbons (Fsp3) is 0.300. The van der Waals surface area contributed by atoms with E-state index in [1.165, 1.54) is 17.8 Å². The number of hydrogen-bond donors (Lipinski definition) is 2. The largest absolute Gasteiger partial charge is 0.511 e. The summed E-state index contributed by atoms with van der Waals surface area (Å²) in [6.07, 6.45) is 6.26. The van der Waals surface area contributed by atoms with Crippen LogP contribution < -0.4 is 20.8 Å². The highest BCUT2D eigenvalue weighted by Gasteiger charge is 2.42. The first kappa shape index (κ1) is 18.3. The number of thioether (sulfide) groups is 1. The molecule has 7 nitrogen and oxygen atoms in total. The summed E-state index contributed by atoms with van der Waals surface area (Å²) >= 11 is 1.34. The molecule has 1 aromatic carbocycles. The zero-order valence-electron chi connectivity index (χ0n) is 15.5. The molecular weight excluding hydrogens is 397 g/mol. The Morgan fingerprint density at radius 2 is 2.21 bits per heavy atom. The first-order valence-electron chi connectivity index (χ1n) is 9.17. The minimum atomic E-state index is -1.57. The van der Waals surface area contributed by atoms with Gasteiger partial charge >= 0.3 is 6.16 Å². The van der Waals surface area contributed by atoms with Crippen LogP contribution in [0.25, 0.3) is 10.9 Å². The third-order valence-electron chi connectivity index (χ3n) is 5.80. The van der Waals surface area contributed by atoms with Crippen LogP contribution in [0.5, 0.6) is 5.75 Å². The summed E-state index contributed by atoms with van der Waals surface area (Å²) in [5, 5.41) is 9.45. The number of carbonyl (C=O) groups is 1. The Hall–Kier alpha value is -2.78. The molecule has 5 rings (SSSR count). The van der Waals surface area contributed by atoms with Crippen molar-refractivity contribution in [1.82, 2.24) is 4.57 Å². The average Bonchev–Trinajstić information content (AvgIpc) is 3.00. The number of nitrogens with zero attached hydrogens (tertiary/aromatic N) is 2. The molecule has 9 heteroatoms. The number of allylic oxidation sites excluding steroid dienone is 2. The normalized spacial score (nSPS) is 26.9. The number of anilines is 1. The van der Waals surface area contributed by atoms with E-state index in [-0.39, 0.29) is 22.4 Å². The maximum absolute atomic E-state index is 15.1. The van der Waals surface area contributed by atoms with Crippen molar-refractivity contribution in [3.8, 4) is 5.75 Å². The molecule has 3 aliphatic rings. The number of rotatable bonds is 2. The van der Waals surface area contributed by atoms with Gasteiger partial charge in [-0.3, -0.25) is 4.79 Å². The maximum Gasteiger partial charge on any atom is 0.511 e. The third-order valence-corrected chi connectivity index (χ3v) is 6.95. The van der Waals surface area contributed by atoms with Crippen LogP contribution >= 0.6 is 11.8 Å². The molecule has 0 bridgehead atoms. The van der Waals surface area contributed by atoms with Crippen LogP contribution in [0.2, 0.25) is 0 Å². The van der Waals surface area contributed by atoms with Gasteiger partial charge in [-0.25, -0.2) is 9.18 Å². The maximum atomic E-state index is 15.1. The van der Waals surface area contributed by atoms with Crippen molar-refractivity contribution in [1.29, 1.82) is 0 Å². The van der Waals surface area contributed by atoms with Gasteiger partial charge in [0.2, 0.25) is 11.2 Å². The van der Waals surface area contributed by atoms with Crippen molar-refractivity contribution >= 4 is 34.5 Å². The van der Waals surface area contributed by atoms with Gasteiger partial charge < -0.3 is 25.0 Å². The van der Waals surface area contributed by atoms with Crippen molar-refractivity contribution in [3.05, 3.63) is 52.5 Å². The molecule has 3 atom stereocenters. The minimum Gasteiger partial charge on any atom is -0.449 e. The van der Waals surface area contributed by atoms with Gasteiger partial charge in [-0.15, -0.1) is 0 Å². The molecule has 0 radical (unpaired) electrons. The van der Waals surface area contributed by atoms with Crippen LogP contribution in [-0.2, 0) is 0 Å². The molecular formula is C20H18FN3O4S. The molecule has 1 aliphatic carbocycles. The Morgan fingerprint density at radius 1 is 1.41 bits per heavy atom. The number of fused-ring (bicyclic) bond motifs is 4. The van der Waals surface area contributed by atoms with E-state index in [2.05, 4.69) is 0 Å². The van der Waals surface area contributed by atoms with Gasteiger partial charge in [0.1, 0.15) is 10.8 Å². The molecule has 0 spiro atoms. The molecule has 2 aromatic rings. The van der Waals surface area contributed by atoms with Crippen LogP contribution in [0.1, 0.15) is 12.3 Å². The van der Waals surface area contributed by atoms with Gasteiger partial charge in [-0.2, -0.15) is 0 Å². The number of nitrogens with two attached hydrogens (primary N) is 1. The molecule has 3 unspecified atom stereocenters. The van der Waals surface area contributed by atoms with Crippen LogP contribution in [-0.4, -0.2) is 34.5 Å². The Bertz CT molecular complexity index is 1190. The summed E-state index contributed by atoms with van der Waals surface area (Å²) in [4.78, 5) is 25.7. The summed E-state index contributed by atoms with van der Waals surface area (Å²) in [7, 11) is 0. The number of halogens is 1. The van der Waals surface area contributed by atoms with Crippen LogP contribution in [0, 0.1) is 11.7 Å². The zero-order valence-corrected chi connectivity index (χ0v) is 16.3. The van der Waals surface area contributed by atoms with Crippen molar-refractivity contribution in [2.75, 3.05) is 18.0 Å². The lowest BCUT2D eigenvalue weighted by atomic mass is 9.85. The Kier molecular flexibility index (Phi) is 3.85. The highest BCUT2D eigenvalue weighted by atomic mass is 32.2. The molecule has 1 saturated heterocycles. The SMILES string of the molecule is CC1Sc2c(OC(=O)O)c(=O)c3cc(F)c(N4CC5C=CC=CC5(N)C4)cc3n21. The minimum absolute atomic E-state index is 0.0320. The number of aromatic nitrogens is 1. The molecule has 3 N–H and O–H groups in total. The second-order valence-corrected chi connectivity index (χ2v) is 8.89. The molecule has 29 heavy (non-hydrogen) atoms. The average molecular weight is 415 g/mol.